The maximum absolute atomic E-state index is 14.3. The summed E-state index contributed by atoms with van der Waals surface area (Å²) in [6.07, 6.45) is 5.67. The van der Waals surface area contributed by atoms with E-state index < -0.39 is 109 Å². The predicted molar refractivity (Wildman–Crippen MR) is 274 cm³/mol. The molecule has 15 heteroatoms. The summed E-state index contributed by atoms with van der Waals surface area (Å²) in [5, 5.41) is 99.5. The van der Waals surface area contributed by atoms with Crippen LogP contribution in [0, 0.1) is 68.0 Å². The van der Waals surface area contributed by atoms with Crippen LogP contribution in [0.5, 0.6) is 0 Å². The van der Waals surface area contributed by atoms with Crippen LogP contribution >= 0.6 is 0 Å². The third kappa shape index (κ3) is 8.84. The van der Waals surface area contributed by atoms with E-state index in [-0.39, 0.29) is 72.6 Å². The van der Waals surface area contributed by atoms with Crippen molar-refractivity contribution in [3.63, 3.8) is 0 Å². The minimum Gasteiger partial charge on any atom is -0.456 e. The van der Waals surface area contributed by atoms with Gasteiger partial charge in [-0.05, 0) is 190 Å². The summed E-state index contributed by atoms with van der Waals surface area (Å²) >= 11 is 0. The van der Waals surface area contributed by atoms with Crippen molar-refractivity contribution >= 4 is 29.1 Å². The van der Waals surface area contributed by atoms with Crippen molar-refractivity contribution < 1.29 is 74.7 Å². The number of carbonyl (C=O) groups excluding carboxylic acids is 5. The van der Waals surface area contributed by atoms with Gasteiger partial charge in [-0.1, -0.05) is 46.3 Å². The third-order valence-corrected chi connectivity index (χ3v) is 22.1. The molecule has 8 aliphatic rings. The number of rotatable bonds is 10. The highest BCUT2D eigenvalue weighted by Crippen LogP contribution is 2.74. The van der Waals surface area contributed by atoms with E-state index in [1.54, 1.807) is 40.7 Å². The van der Waals surface area contributed by atoms with Crippen LogP contribution < -0.4 is 0 Å². The van der Waals surface area contributed by atoms with Gasteiger partial charge in [-0.3, -0.25) is 24.0 Å². The van der Waals surface area contributed by atoms with Crippen LogP contribution in [0.2, 0.25) is 0 Å². The Morgan fingerprint density at radius 3 is 2.00 bits per heavy atom. The Morgan fingerprint density at radius 2 is 1.41 bits per heavy atom. The Balaban J connectivity index is 0.000000219. The first-order chi connectivity index (χ1) is 33.5. The summed E-state index contributed by atoms with van der Waals surface area (Å²) in [4.78, 5) is 65.3. The highest BCUT2D eigenvalue weighted by molar-refractivity contribution is 5.98. The van der Waals surface area contributed by atoms with Crippen molar-refractivity contribution in [1.29, 1.82) is 0 Å². The molecule has 74 heavy (non-hydrogen) atoms. The molecule has 19 atom stereocenters. The van der Waals surface area contributed by atoms with Gasteiger partial charge in [-0.15, -0.1) is 0 Å². The topological polar surface area (TPSA) is 277 Å². The summed E-state index contributed by atoms with van der Waals surface area (Å²) in [5.74, 6) is -3.80. The molecule has 8 aliphatic carbocycles. The lowest BCUT2D eigenvalue weighted by Crippen LogP contribution is -2.65. The molecule has 0 radical (unpaired) electrons. The maximum atomic E-state index is 14.3. The van der Waals surface area contributed by atoms with E-state index in [0.29, 0.717) is 56.9 Å². The summed E-state index contributed by atoms with van der Waals surface area (Å²) < 4.78 is 5.23. The molecule has 416 valence electrons. The Labute approximate surface area is 438 Å². The number of allylic oxidation sites excluding steroid dienone is 3. The zero-order chi connectivity index (χ0) is 55.9. The number of ether oxygens (including phenoxy) is 1. The average Bonchev–Trinajstić information content (AvgIpc) is 3.67. The Morgan fingerprint density at radius 1 is 0.784 bits per heavy atom. The van der Waals surface area contributed by atoms with Gasteiger partial charge in [0.25, 0.3) is 0 Å². The minimum atomic E-state index is -1.99. The highest BCUT2D eigenvalue weighted by atomic mass is 16.6. The van der Waals surface area contributed by atoms with E-state index in [9.17, 15) is 69.9 Å². The molecule has 2 unspecified atom stereocenters. The van der Waals surface area contributed by atoms with E-state index in [1.807, 2.05) is 41.5 Å². The molecule has 8 rings (SSSR count). The zero-order valence-corrected chi connectivity index (χ0v) is 46.6. The zero-order valence-electron chi connectivity index (χ0n) is 46.6. The van der Waals surface area contributed by atoms with Crippen molar-refractivity contribution in [3.05, 3.63) is 35.5 Å². The van der Waals surface area contributed by atoms with E-state index in [1.165, 1.54) is 26.0 Å². The number of aliphatic hydroxyl groups is 9. The second-order valence-corrected chi connectivity index (χ2v) is 27.9. The van der Waals surface area contributed by atoms with E-state index in [0.717, 1.165) is 5.57 Å². The van der Waals surface area contributed by atoms with Crippen molar-refractivity contribution in [2.24, 2.45) is 68.0 Å². The van der Waals surface area contributed by atoms with Crippen molar-refractivity contribution in [1.82, 2.24) is 0 Å². The SMILES string of the molecule is CC(=O)OC(C)(C)/C=C/C(=O)[C@](C)(O)[C@H]1C(O)C[C@@]2(C)[C@@H]3CC=C4[C@H](CC(O)C(=O)C4(C)C)[C@@]3(C)C(=O)C[C@]12C.CC(C)(O)CC[C@@H](O)[C@](C)(O)[C@H]1CC[C@@]2(O)C3=CC(=O)[C@@H]4C[C@@H](O)[C@@H](O)C[C@]4(C)[C@H]3CC[C@]12C. The Kier molecular flexibility index (Phi) is 14.7. The Bertz CT molecular complexity index is 2390. The summed E-state index contributed by atoms with van der Waals surface area (Å²) in [6, 6.07) is 0. The van der Waals surface area contributed by atoms with Gasteiger partial charge in [0.1, 0.15) is 23.1 Å². The average molecular weight is 1040 g/mol. The van der Waals surface area contributed by atoms with Crippen LogP contribution in [0.4, 0.5) is 0 Å². The molecule has 6 saturated carbocycles. The lowest BCUT2D eigenvalue weighted by molar-refractivity contribution is -0.183. The first kappa shape index (κ1) is 58.7. The fraction of sp³-hybridized carbons (Fsp3) is 0.814. The molecule has 6 fully saturated rings. The minimum absolute atomic E-state index is 0.0284. The largest absolute Gasteiger partial charge is 0.456 e. The fourth-order valence-electron chi connectivity index (χ4n) is 17.7. The van der Waals surface area contributed by atoms with E-state index in [4.69, 9.17) is 4.74 Å². The lowest BCUT2D eigenvalue weighted by Gasteiger charge is -2.64. The van der Waals surface area contributed by atoms with Crippen LogP contribution in [0.25, 0.3) is 0 Å². The van der Waals surface area contributed by atoms with E-state index >= 15 is 0 Å². The first-order valence-corrected chi connectivity index (χ1v) is 27.3. The van der Waals surface area contributed by atoms with E-state index in [2.05, 4.69) is 13.0 Å². The molecule has 0 heterocycles. The lowest BCUT2D eigenvalue weighted by atomic mass is 9.38. The number of ketones is 4. The Hall–Kier alpha value is -2.99. The van der Waals surface area contributed by atoms with Crippen LogP contribution in [-0.2, 0) is 28.7 Å². The van der Waals surface area contributed by atoms with Crippen molar-refractivity contribution in [2.75, 3.05) is 0 Å². The van der Waals surface area contributed by atoms with Crippen LogP contribution in [0.15, 0.2) is 35.5 Å². The second-order valence-electron chi connectivity index (χ2n) is 27.9. The number of fused-ring (bicyclic) bond motifs is 10. The fourth-order valence-corrected chi connectivity index (χ4v) is 17.7. The molecular formula is C59H90O15. The number of aliphatic hydroxyl groups excluding tert-OH is 5. The summed E-state index contributed by atoms with van der Waals surface area (Å²) in [5.41, 5.74) is -9.70. The molecule has 9 N–H and O–H groups in total. The molecule has 0 amide bonds. The molecule has 0 aliphatic heterocycles. The molecule has 0 aromatic rings. The smallest absolute Gasteiger partial charge is 0.303 e. The normalized spacial score (nSPS) is 44.6. The third-order valence-electron chi connectivity index (χ3n) is 22.1. The van der Waals surface area contributed by atoms with Gasteiger partial charge >= 0.3 is 5.97 Å². The van der Waals surface area contributed by atoms with Gasteiger partial charge < -0.3 is 50.7 Å². The van der Waals surface area contributed by atoms with Crippen molar-refractivity contribution in [2.45, 2.75) is 233 Å². The van der Waals surface area contributed by atoms with Crippen molar-refractivity contribution in [3.8, 4) is 0 Å². The van der Waals surface area contributed by atoms with Crippen LogP contribution in [0.1, 0.15) is 174 Å². The number of carbonyl (C=O) groups is 5. The molecule has 0 saturated heterocycles. The highest BCUT2D eigenvalue weighted by Gasteiger charge is 2.75. The summed E-state index contributed by atoms with van der Waals surface area (Å²) in [6.45, 7) is 24.4. The predicted octanol–water partition coefficient (Wildman–Crippen LogP) is 5.35. The second kappa shape index (κ2) is 18.6. The summed E-state index contributed by atoms with van der Waals surface area (Å²) in [7, 11) is 0. The molecule has 0 bridgehead atoms. The van der Waals surface area contributed by atoms with Crippen LogP contribution in [0.3, 0.4) is 0 Å². The molecule has 0 spiro atoms. The molecule has 15 nitrogen and oxygen atoms in total. The number of Topliss-reactive ketones (excluding diaryl/α,β-unsaturated/α-hetero) is 2. The van der Waals surface area contributed by atoms with Crippen LogP contribution in [-0.4, -0.2) is 134 Å². The monoisotopic (exact) mass is 1040 g/mol. The first-order valence-electron chi connectivity index (χ1n) is 27.3. The maximum Gasteiger partial charge on any atom is 0.303 e. The van der Waals surface area contributed by atoms with Gasteiger partial charge in [0.15, 0.2) is 17.3 Å². The van der Waals surface area contributed by atoms with Gasteiger partial charge in [0.2, 0.25) is 0 Å². The standard InChI is InChI=1S/C32H46O8.C27H44O7/c1-17(33)40-27(2,3)13-12-23(36)32(9,39)25-21(35)15-29(6)22-11-10-18-19(14-20(34)26(38)28(18,4)5)31(22,8)24(37)16-30(25,29)7;1-23(2,32)9-8-22(31)26(5,33)21-7-11-27(34)16-12-18(28)17-13-19(29)20(30)14-24(17,3)15(16)6-10-25(21,27)4/h10,12-13,19-22,25,34-35,39H,11,14-16H2,1-9H3;12,15,17,19-22,29-34H,6-11,13-14H2,1-5H3/b13-12+;/t19-,20?,21?,22-,25-,29-,30+,31+,32-;15-,17-,19+,20-,21-,22+,24+,25+,26+,27+/m00/s1. The van der Waals surface area contributed by atoms with Gasteiger partial charge in [-0.25, -0.2) is 0 Å². The molecule has 0 aromatic heterocycles. The van der Waals surface area contributed by atoms with Gasteiger partial charge in [0, 0.05) is 41.4 Å². The quantitative estimate of drug-likeness (QED) is 0.0758. The molecule has 0 aromatic carbocycles. The van der Waals surface area contributed by atoms with Gasteiger partial charge in [0.05, 0.1) is 41.2 Å². The van der Waals surface area contributed by atoms with Gasteiger partial charge in [-0.2, -0.15) is 0 Å². The number of hydrogen-bond acceptors (Lipinski definition) is 15. The molecular weight excluding hydrogens is 949 g/mol. The number of hydrogen-bond donors (Lipinski definition) is 9. The number of esters is 1.